The van der Waals surface area contributed by atoms with E-state index in [0.29, 0.717) is 0 Å². The molecular formula is C17H19N5O6S. The van der Waals surface area contributed by atoms with Crippen LogP contribution in [-0.2, 0) is 19.0 Å². The molecule has 0 saturated carbocycles. The van der Waals surface area contributed by atoms with Crippen molar-refractivity contribution >= 4 is 27.2 Å². The Labute approximate surface area is 165 Å². The van der Waals surface area contributed by atoms with E-state index in [2.05, 4.69) is 15.0 Å². The van der Waals surface area contributed by atoms with Crippen molar-refractivity contribution < 1.29 is 22.4 Å². The predicted molar refractivity (Wildman–Crippen MR) is 101 cm³/mol. The summed E-state index contributed by atoms with van der Waals surface area (Å²) in [6.07, 6.45) is -1.09. The Balaban J connectivity index is 1.49. The molecule has 1 aliphatic rings. The van der Waals surface area contributed by atoms with Crippen LogP contribution in [0.2, 0.25) is 0 Å². The van der Waals surface area contributed by atoms with E-state index < -0.39 is 34.1 Å². The minimum Gasteiger partial charge on any atom is -0.390 e. The second-order valence-electron chi connectivity index (χ2n) is 6.76. The molecule has 0 aliphatic carbocycles. The summed E-state index contributed by atoms with van der Waals surface area (Å²) in [4.78, 5) is 22.3. The van der Waals surface area contributed by atoms with Gasteiger partial charge in [0.05, 0.1) is 23.9 Å². The summed E-state index contributed by atoms with van der Waals surface area (Å²) in [5.74, 6) is -0.0770. The summed E-state index contributed by atoms with van der Waals surface area (Å²) < 4.78 is 37.0. The van der Waals surface area contributed by atoms with Crippen LogP contribution in [0.5, 0.6) is 0 Å². The number of anilines is 1. The zero-order valence-electron chi connectivity index (χ0n) is 15.3. The fourth-order valence-corrected chi connectivity index (χ4v) is 4.04. The molecule has 11 nitrogen and oxygen atoms in total. The van der Waals surface area contributed by atoms with Crippen LogP contribution in [0, 0.1) is 6.92 Å². The van der Waals surface area contributed by atoms with E-state index in [1.165, 1.54) is 23.0 Å². The van der Waals surface area contributed by atoms with Crippen molar-refractivity contribution in [2.75, 3.05) is 12.3 Å². The third-order valence-corrected chi connectivity index (χ3v) is 5.96. The first-order valence-corrected chi connectivity index (χ1v) is 10.2. The SMILES string of the molecule is Cc1ccc(S(=O)(=O)OC[C@H]2O[C@@H](n3cnc4c(=O)[nH]c(N)nc43)C[C@@H]2O)cc1. The minimum absolute atomic E-state index is 0.0200. The molecule has 0 unspecified atom stereocenters. The van der Waals surface area contributed by atoms with Gasteiger partial charge in [-0.05, 0) is 19.1 Å². The summed E-state index contributed by atoms with van der Waals surface area (Å²) >= 11 is 0. The number of imidazole rings is 1. The lowest BCUT2D eigenvalue weighted by atomic mass is 10.2. The van der Waals surface area contributed by atoms with Gasteiger partial charge in [-0.3, -0.25) is 18.5 Å². The number of aryl methyl sites for hydroxylation is 1. The number of H-pyrrole nitrogens is 1. The molecule has 154 valence electrons. The van der Waals surface area contributed by atoms with E-state index in [1.54, 1.807) is 12.1 Å². The van der Waals surface area contributed by atoms with E-state index >= 15 is 0 Å². The molecule has 4 N–H and O–H groups in total. The maximum absolute atomic E-state index is 12.3. The standard InChI is InChI=1S/C17H19N5O6S/c1-9-2-4-10(5-3-9)29(25,26)27-7-12-11(23)6-13(28-12)22-8-19-14-15(22)20-17(18)21-16(14)24/h2-5,8,11-13,23H,6-7H2,1H3,(H3,18,20,21,24)/t11-,12+,13+/m0/s1. The van der Waals surface area contributed by atoms with E-state index in [4.69, 9.17) is 14.7 Å². The molecule has 0 spiro atoms. The molecular weight excluding hydrogens is 402 g/mol. The molecule has 0 amide bonds. The lowest BCUT2D eigenvalue weighted by Gasteiger charge is -2.16. The summed E-state index contributed by atoms with van der Waals surface area (Å²) in [7, 11) is -3.99. The van der Waals surface area contributed by atoms with Gasteiger partial charge < -0.3 is 15.6 Å². The van der Waals surface area contributed by atoms with E-state index in [9.17, 15) is 18.3 Å². The summed E-state index contributed by atoms with van der Waals surface area (Å²) in [6, 6.07) is 6.23. The first kappa shape index (κ1) is 19.5. The number of hydrogen-bond acceptors (Lipinski definition) is 9. The Hall–Kier alpha value is -2.80. The molecule has 0 bridgehead atoms. The van der Waals surface area contributed by atoms with Crippen LogP contribution >= 0.6 is 0 Å². The van der Waals surface area contributed by atoms with Crippen LogP contribution in [0.4, 0.5) is 5.95 Å². The highest BCUT2D eigenvalue weighted by atomic mass is 32.2. The smallest absolute Gasteiger partial charge is 0.297 e. The quantitative estimate of drug-likeness (QED) is 0.484. The second-order valence-corrected chi connectivity index (χ2v) is 8.37. The Morgan fingerprint density at radius 3 is 2.83 bits per heavy atom. The molecule has 0 radical (unpaired) electrons. The lowest BCUT2D eigenvalue weighted by Crippen LogP contribution is -2.28. The number of aliphatic hydroxyl groups excluding tert-OH is 1. The van der Waals surface area contributed by atoms with Gasteiger partial charge in [0.15, 0.2) is 11.2 Å². The fourth-order valence-electron chi connectivity index (χ4n) is 3.12. The molecule has 29 heavy (non-hydrogen) atoms. The van der Waals surface area contributed by atoms with Crippen molar-refractivity contribution in [1.82, 2.24) is 19.5 Å². The third-order valence-electron chi connectivity index (χ3n) is 4.66. The number of hydrogen-bond donors (Lipinski definition) is 3. The van der Waals surface area contributed by atoms with Gasteiger partial charge in [-0.15, -0.1) is 0 Å². The summed E-state index contributed by atoms with van der Waals surface area (Å²) in [5, 5.41) is 10.3. The first-order chi connectivity index (χ1) is 13.7. The molecule has 1 aliphatic heterocycles. The average molecular weight is 421 g/mol. The van der Waals surface area contributed by atoms with Crippen LogP contribution in [-0.4, -0.2) is 51.9 Å². The molecule has 3 atom stereocenters. The van der Waals surface area contributed by atoms with E-state index in [0.717, 1.165) is 5.56 Å². The summed E-state index contributed by atoms with van der Waals surface area (Å²) in [5.41, 5.74) is 6.30. The van der Waals surface area contributed by atoms with Crippen molar-refractivity contribution in [3.05, 3.63) is 46.5 Å². The van der Waals surface area contributed by atoms with Crippen molar-refractivity contribution in [3.63, 3.8) is 0 Å². The number of fused-ring (bicyclic) bond motifs is 1. The predicted octanol–water partition coefficient (Wildman–Crippen LogP) is 0.0641. The van der Waals surface area contributed by atoms with Crippen LogP contribution < -0.4 is 11.3 Å². The van der Waals surface area contributed by atoms with Gasteiger partial charge in [-0.2, -0.15) is 13.4 Å². The molecule has 2 aromatic heterocycles. The van der Waals surface area contributed by atoms with Gasteiger partial charge in [0, 0.05) is 6.42 Å². The number of aliphatic hydroxyl groups is 1. The molecule has 1 fully saturated rings. The molecule has 4 rings (SSSR count). The highest BCUT2D eigenvalue weighted by Crippen LogP contribution is 2.31. The third kappa shape index (κ3) is 3.74. The van der Waals surface area contributed by atoms with E-state index in [-0.39, 0.29) is 35.0 Å². The van der Waals surface area contributed by atoms with Crippen LogP contribution in [0.3, 0.4) is 0 Å². The number of aromatic amines is 1. The van der Waals surface area contributed by atoms with Crippen molar-refractivity contribution in [2.24, 2.45) is 0 Å². The topological polar surface area (TPSA) is 162 Å². The molecule has 12 heteroatoms. The minimum atomic E-state index is -3.99. The molecule has 1 saturated heterocycles. The number of nitrogens with two attached hydrogens (primary N) is 1. The second kappa shape index (κ2) is 7.22. The zero-order chi connectivity index (χ0) is 20.8. The highest BCUT2D eigenvalue weighted by molar-refractivity contribution is 7.86. The van der Waals surface area contributed by atoms with Gasteiger partial charge in [0.1, 0.15) is 12.3 Å². The number of nitrogens with one attached hydrogen (secondary N) is 1. The fraction of sp³-hybridized carbons (Fsp3) is 0.353. The van der Waals surface area contributed by atoms with Gasteiger partial charge in [-0.25, -0.2) is 4.98 Å². The average Bonchev–Trinajstić information content (AvgIpc) is 3.24. The van der Waals surface area contributed by atoms with Crippen LogP contribution in [0.15, 0.2) is 40.3 Å². The zero-order valence-corrected chi connectivity index (χ0v) is 16.2. The number of ether oxygens (including phenoxy) is 1. The highest BCUT2D eigenvalue weighted by Gasteiger charge is 2.37. The largest absolute Gasteiger partial charge is 0.390 e. The Morgan fingerprint density at radius 2 is 2.10 bits per heavy atom. The maximum Gasteiger partial charge on any atom is 0.297 e. The van der Waals surface area contributed by atoms with Crippen LogP contribution in [0.25, 0.3) is 11.2 Å². The summed E-state index contributed by atoms with van der Waals surface area (Å²) in [6.45, 7) is 1.48. The number of nitrogens with zero attached hydrogens (tertiary/aromatic N) is 3. The van der Waals surface area contributed by atoms with Gasteiger partial charge in [-0.1, -0.05) is 17.7 Å². The van der Waals surface area contributed by atoms with Gasteiger partial charge in [0.25, 0.3) is 15.7 Å². The lowest BCUT2D eigenvalue weighted by molar-refractivity contribution is -0.0371. The number of aromatic nitrogens is 4. The number of nitrogen functional groups attached to an aromatic ring is 1. The van der Waals surface area contributed by atoms with Gasteiger partial charge in [0.2, 0.25) is 5.95 Å². The Bertz CT molecular complexity index is 1200. The molecule has 3 aromatic rings. The molecule has 3 heterocycles. The van der Waals surface area contributed by atoms with Gasteiger partial charge >= 0.3 is 0 Å². The Kier molecular flexibility index (Phi) is 4.86. The molecule has 1 aromatic carbocycles. The first-order valence-electron chi connectivity index (χ1n) is 8.76. The van der Waals surface area contributed by atoms with Crippen molar-refractivity contribution in [3.8, 4) is 0 Å². The normalized spacial score (nSPS) is 22.3. The van der Waals surface area contributed by atoms with E-state index in [1.807, 2.05) is 6.92 Å². The van der Waals surface area contributed by atoms with Crippen molar-refractivity contribution in [1.29, 1.82) is 0 Å². The monoisotopic (exact) mass is 421 g/mol. The number of benzene rings is 1. The van der Waals surface area contributed by atoms with Crippen LogP contribution in [0.1, 0.15) is 18.2 Å². The number of rotatable bonds is 5. The Morgan fingerprint density at radius 1 is 1.38 bits per heavy atom. The van der Waals surface area contributed by atoms with Crippen molar-refractivity contribution in [2.45, 2.75) is 36.7 Å². The maximum atomic E-state index is 12.3.